The molecule has 1 atom stereocenters. The quantitative estimate of drug-likeness (QED) is 0.666. The van der Waals surface area contributed by atoms with Crippen LogP contribution >= 0.6 is 15.9 Å². The van der Waals surface area contributed by atoms with Crippen molar-refractivity contribution < 1.29 is 0 Å². The fourth-order valence-corrected chi connectivity index (χ4v) is 1.89. The van der Waals surface area contributed by atoms with Crippen molar-refractivity contribution in [2.24, 2.45) is 4.99 Å². The highest BCUT2D eigenvalue weighted by molar-refractivity contribution is 9.18. The zero-order valence-electron chi connectivity index (χ0n) is 6.57. The van der Waals surface area contributed by atoms with Gasteiger partial charge in [-0.2, -0.15) is 0 Å². The summed E-state index contributed by atoms with van der Waals surface area (Å²) in [6.45, 7) is 4.62. The molecule has 0 aromatic carbocycles. The fraction of sp³-hybridized carbons (Fsp3) is 0.222. The van der Waals surface area contributed by atoms with E-state index in [0.717, 1.165) is 16.7 Å². The van der Waals surface area contributed by atoms with Crippen molar-refractivity contribution in [3.8, 4) is 0 Å². The van der Waals surface area contributed by atoms with Gasteiger partial charge >= 0.3 is 0 Å². The molecule has 2 aliphatic heterocycles. The molecular weight excluding hydrogens is 216 g/mol. The molecule has 0 aromatic heterocycles. The van der Waals surface area contributed by atoms with E-state index in [4.69, 9.17) is 0 Å². The summed E-state index contributed by atoms with van der Waals surface area (Å²) in [5, 5.41) is 0. The van der Waals surface area contributed by atoms with E-state index >= 15 is 0 Å². The molecule has 0 bridgehead atoms. The van der Waals surface area contributed by atoms with Gasteiger partial charge in [0, 0.05) is 6.20 Å². The third-order valence-electron chi connectivity index (χ3n) is 1.99. The summed E-state index contributed by atoms with van der Waals surface area (Å²) in [5.41, 5.74) is 1.16. The van der Waals surface area contributed by atoms with E-state index in [1.807, 2.05) is 18.2 Å². The van der Waals surface area contributed by atoms with Crippen LogP contribution in [0.15, 0.2) is 41.6 Å². The van der Waals surface area contributed by atoms with E-state index in [1.165, 1.54) is 0 Å². The van der Waals surface area contributed by atoms with Gasteiger partial charge < -0.3 is 4.90 Å². The molecule has 0 saturated heterocycles. The van der Waals surface area contributed by atoms with E-state index in [0.29, 0.717) is 0 Å². The second-order valence-corrected chi connectivity index (χ2v) is 3.68. The first kappa shape index (κ1) is 7.80. The molecule has 2 aliphatic rings. The normalized spacial score (nSPS) is 26.4. The third-order valence-corrected chi connectivity index (χ3v) is 2.45. The standard InChI is InChI=1S/C9H9BrN2/c1-2-7-4-3-5-12-6-8(10)11-9(7)12/h2-5,9H,1,6H2. The average Bonchev–Trinajstić information content (AvgIpc) is 2.44. The number of nitrogens with zero attached hydrogens (tertiary/aromatic N) is 2. The van der Waals surface area contributed by atoms with Crippen LogP contribution in [-0.4, -0.2) is 22.2 Å². The first-order chi connectivity index (χ1) is 5.81. The number of halogens is 1. The van der Waals surface area contributed by atoms with Gasteiger partial charge in [0.1, 0.15) is 6.17 Å². The van der Waals surface area contributed by atoms with Crippen LogP contribution in [0.4, 0.5) is 0 Å². The lowest BCUT2D eigenvalue weighted by Crippen LogP contribution is -2.28. The third kappa shape index (κ3) is 1.14. The molecule has 0 amide bonds. The van der Waals surface area contributed by atoms with Crippen LogP contribution in [0.3, 0.4) is 0 Å². The Kier molecular flexibility index (Phi) is 1.89. The average molecular weight is 225 g/mol. The van der Waals surface area contributed by atoms with E-state index < -0.39 is 0 Å². The van der Waals surface area contributed by atoms with Crippen molar-refractivity contribution >= 4 is 20.6 Å². The molecule has 0 fully saturated rings. The minimum absolute atomic E-state index is 0.155. The molecule has 0 spiro atoms. The maximum atomic E-state index is 4.43. The van der Waals surface area contributed by atoms with Gasteiger partial charge in [-0.3, -0.25) is 4.99 Å². The summed E-state index contributed by atoms with van der Waals surface area (Å²) >= 11 is 3.40. The summed E-state index contributed by atoms with van der Waals surface area (Å²) in [6.07, 6.45) is 8.13. The van der Waals surface area contributed by atoms with E-state index in [9.17, 15) is 0 Å². The van der Waals surface area contributed by atoms with Crippen molar-refractivity contribution in [1.29, 1.82) is 0 Å². The van der Waals surface area contributed by atoms with Crippen molar-refractivity contribution in [3.63, 3.8) is 0 Å². The SMILES string of the molecule is C=CC1=CC=CN2CC(Br)=NC12. The summed E-state index contributed by atoms with van der Waals surface area (Å²) in [4.78, 5) is 6.60. The molecule has 12 heavy (non-hydrogen) atoms. The van der Waals surface area contributed by atoms with Crippen molar-refractivity contribution in [3.05, 3.63) is 36.6 Å². The molecule has 0 saturated carbocycles. The monoisotopic (exact) mass is 224 g/mol. The second kappa shape index (κ2) is 2.90. The zero-order valence-corrected chi connectivity index (χ0v) is 8.16. The Labute approximate surface area is 80.1 Å². The minimum Gasteiger partial charge on any atom is -0.346 e. The van der Waals surface area contributed by atoms with Crippen LogP contribution in [0.1, 0.15) is 0 Å². The van der Waals surface area contributed by atoms with Crippen LogP contribution in [0, 0.1) is 0 Å². The highest BCUT2D eigenvalue weighted by atomic mass is 79.9. The maximum absolute atomic E-state index is 4.43. The Hall–Kier alpha value is -0.830. The number of hydrogen-bond donors (Lipinski definition) is 0. The maximum Gasteiger partial charge on any atom is 0.148 e. The number of rotatable bonds is 1. The molecule has 2 nitrogen and oxygen atoms in total. The predicted octanol–water partition coefficient (Wildman–Crippen LogP) is 2.06. The van der Waals surface area contributed by atoms with Gasteiger partial charge in [0.25, 0.3) is 0 Å². The Morgan fingerprint density at radius 3 is 3.33 bits per heavy atom. The highest BCUT2D eigenvalue weighted by Crippen LogP contribution is 2.24. The lowest BCUT2D eigenvalue weighted by molar-refractivity contribution is 0.383. The topological polar surface area (TPSA) is 15.6 Å². The lowest BCUT2D eigenvalue weighted by Gasteiger charge is -2.24. The van der Waals surface area contributed by atoms with Crippen LogP contribution in [0.2, 0.25) is 0 Å². The molecule has 2 heterocycles. The molecule has 62 valence electrons. The lowest BCUT2D eigenvalue weighted by atomic mass is 10.1. The largest absolute Gasteiger partial charge is 0.346 e. The van der Waals surface area contributed by atoms with E-state index in [2.05, 4.69) is 38.6 Å². The van der Waals surface area contributed by atoms with Gasteiger partial charge in [-0.25, -0.2) is 0 Å². The number of aliphatic imine (C=N–C) groups is 1. The zero-order chi connectivity index (χ0) is 8.55. The minimum atomic E-state index is 0.155. The smallest absolute Gasteiger partial charge is 0.148 e. The van der Waals surface area contributed by atoms with Crippen molar-refractivity contribution in [1.82, 2.24) is 4.90 Å². The summed E-state index contributed by atoms with van der Waals surface area (Å²) in [6, 6.07) is 0. The Morgan fingerprint density at radius 2 is 2.58 bits per heavy atom. The first-order valence-corrected chi connectivity index (χ1v) is 4.59. The van der Waals surface area contributed by atoms with Gasteiger partial charge in [-0.1, -0.05) is 18.7 Å². The Bertz CT molecular complexity index is 302. The fourth-order valence-electron chi connectivity index (χ4n) is 1.41. The predicted molar refractivity (Wildman–Crippen MR) is 54.3 cm³/mol. The van der Waals surface area contributed by atoms with Gasteiger partial charge in [-0.05, 0) is 27.6 Å². The summed E-state index contributed by atoms with van der Waals surface area (Å²) in [5.74, 6) is 0. The second-order valence-electron chi connectivity index (χ2n) is 2.76. The highest BCUT2D eigenvalue weighted by Gasteiger charge is 2.25. The first-order valence-electron chi connectivity index (χ1n) is 3.80. The van der Waals surface area contributed by atoms with E-state index in [1.54, 1.807) is 0 Å². The van der Waals surface area contributed by atoms with Crippen LogP contribution < -0.4 is 0 Å². The molecule has 2 rings (SSSR count). The molecule has 0 N–H and O–H groups in total. The number of allylic oxidation sites excluding steroid dienone is 2. The number of hydrogen-bond acceptors (Lipinski definition) is 2. The molecule has 1 unspecified atom stereocenters. The van der Waals surface area contributed by atoms with Crippen molar-refractivity contribution in [2.45, 2.75) is 6.17 Å². The molecule has 0 aliphatic carbocycles. The van der Waals surface area contributed by atoms with Gasteiger partial charge in [0.05, 0.1) is 11.2 Å². The molecular formula is C9H9BrN2. The summed E-state index contributed by atoms with van der Waals surface area (Å²) in [7, 11) is 0. The molecule has 0 radical (unpaired) electrons. The van der Waals surface area contributed by atoms with Gasteiger partial charge in [-0.15, -0.1) is 0 Å². The van der Waals surface area contributed by atoms with Crippen LogP contribution in [0.25, 0.3) is 0 Å². The molecule has 3 heteroatoms. The van der Waals surface area contributed by atoms with Crippen molar-refractivity contribution in [2.75, 3.05) is 6.54 Å². The Balaban J connectivity index is 2.32. The van der Waals surface area contributed by atoms with Crippen LogP contribution in [0.5, 0.6) is 0 Å². The number of fused-ring (bicyclic) bond motifs is 1. The van der Waals surface area contributed by atoms with Gasteiger partial charge in [0.15, 0.2) is 0 Å². The molecule has 0 aromatic rings. The van der Waals surface area contributed by atoms with Gasteiger partial charge in [0.2, 0.25) is 0 Å². The van der Waals surface area contributed by atoms with Crippen LogP contribution in [-0.2, 0) is 0 Å². The summed E-state index contributed by atoms with van der Waals surface area (Å²) < 4.78 is 1.01. The van der Waals surface area contributed by atoms with E-state index in [-0.39, 0.29) is 6.17 Å². The Morgan fingerprint density at radius 1 is 1.75 bits per heavy atom.